The zero-order valence-electron chi connectivity index (χ0n) is 20.1. The van der Waals surface area contributed by atoms with Gasteiger partial charge in [-0.3, -0.25) is 29.9 Å². The van der Waals surface area contributed by atoms with E-state index in [9.17, 15) is 19.7 Å². The van der Waals surface area contributed by atoms with E-state index in [0.29, 0.717) is 17.8 Å². The van der Waals surface area contributed by atoms with Gasteiger partial charge < -0.3 is 4.57 Å². The zero-order chi connectivity index (χ0) is 26.3. The Labute approximate surface area is 218 Å². The first-order valence-electron chi connectivity index (χ1n) is 11.5. The molecular weight excluding hydrogens is 488 g/mol. The van der Waals surface area contributed by atoms with Crippen LogP contribution in [0.5, 0.6) is 0 Å². The highest BCUT2D eigenvalue weighted by atomic mass is 32.1. The molecule has 9 heteroatoms. The molecule has 0 atom stereocenters. The molecule has 2 heterocycles. The van der Waals surface area contributed by atoms with Gasteiger partial charge in [0.1, 0.15) is 5.57 Å². The van der Waals surface area contributed by atoms with E-state index in [1.54, 1.807) is 24.3 Å². The van der Waals surface area contributed by atoms with Crippen molar-refractivity contribution in [3.8, 4) is 0 Å². The molecule has 0 aliphatic carbocycles. The number of thiocarbonyl (C=S) groups is 1. The maximum absolute atomic E-state index is 13.6. The van der Waals surface area contributed by atoms with Crippen molar-refractivity contribution in [2.24, 2.45) is 0 Å². The fraction of sp³-hybridized carbons (Fsp3) is 0.107. The number of anilines is 1. The average molecular weight is 511 g/mol. The summed E-state index contributed by atoms with van der Waals surface area (Å²) in [6.07, 6.45) is 3.46. The molecule has 184 valence electrons. The van der Waals surface area contributed by atoms with E-state index in [4.69, 9.17) is 12.2 Å². The smallest absolute Gasteiger partial charge is 0.270 e. The van der Waals surface area contributed by atoms with E-state index in [1.807, 2.05) is 61.0 Å². The van der Waals surface area contributed by atoms with Crippen LogP contribution in [0.1, 0.15) is 22.3 Å². The lowest BCUT2D eigenvalue weighted by molar-refractivity contribution is -0.384. The first-order valence-corrected chi connectivity index (χ1v) is 11.9. The van der Waals surface area contributed by atoms with Gasteiger partial charge in [-0.05, 0) is 61.0 Å². The minimum absolute atomic E-state index is 0.0206. The fourth-order valence-electron chi connectivity index (χ4n) is 4.45. The number of nitrogens with zero attached hydrogens (tertiary/aromatic N) is 3. The van der Waals surface area contributed by atoms with Gasteiger partial charge in [-0.25, -0.2) is 0 Å². The Morgan fingerprint density at radius 3 is 2.46 bits per heavy atom. The van der Waals surface area contributed by atoms with Crippen molar-refractivity contribution in [1.82, 2.24) is 9.88 Å². The number of hydrogen-bond acceptors (Lipinski definition) is 5. The number of fused-ring (bicyclic) bond motifs is 1. The van der Waals surface area contributed by atoms with Crippen molar-refractivity contribution < 1.29 is 14.5 Å². The standard InChI is InChI=1S/C28H22N4O4S/c1-17-6-5-9-24(18(17)2)31-27(34)23(26(33)29-28(31)37)14-20-16-30(25-8-4-3-7-22(20)25)15-19-10-12-21(13-11-19)32(35)36/h3-14,16H,15H2,1-2H3,(H,29,33,37)/b23-14+. The van der Waals surface area contributed by atoms with Crippen molar-refractivity contribution >= 4 is 57.5 Å². The fourth-order valence-corrected chi connectivity index (χ4v) is 4.72. The Balaban J connectivity index is 1.55. The van der Waals surface area contributed by atoms with Gasteiger partial charge in [0, 0.05) is 41.3 Å². The Hall–Kier alpha value is -4.63. The van der Waals surface area contributed by atoms with E-state index >= 15 is 0 Å². The normalized spacial score (nSPS) is 14.9. The summed E-state index contributed by atoms with van der Waals surface area (Å²) in [6, 6.07) is 19.6. The van der Waals surface area contributed by atoms with Gasteiger partial charge in [0.15, 0.2) is 5.11 Å². The number of hydrogen-bond donors (Lipinski definition) is 1. The third kappa shape index (κ3) is 4.41. The molecule has 1 aliphatic heterocycles. The van der Waals surface area contributed by atoms with Crippen molar-refractivity contribution in [2.75, 3.05) is 4.90 Å². The van der Waals surface area contributed by atoms with Crippen LogP contribution in [-0.2, 0) is 16.1 Å². The summed E-state index contributed by atoms with van der Waals surface area (Å²) in [4.78, 5) is 38.4. The number of aryl methyl sites for hydroxylation is 1. The summed E-state index contributed by atoms with van der Waals surface area (Å²) in [5, 5.41) is 14.5. The van der Waals surface area contributed by atoms with Crippen molar-refractivity contribution in [3.63, 3.8) is 0 Å². The first-order chi connectivity index (χ1) is 17.7. The molecule has 0 spiro atoms. The molecule has 2 amide bonds. The molecule has 37 heavy (non-hydrogen) atoms. The summed E-state index contributed by atoms with van der Waals surface area (Å²) < 4.78 is 1.99. The van der Waals surface area contributed by atoms with Crippen molar-refractivity contribution in [1.29, 1.82) is 0 Å². The van der Waals surface area contributed by atoms with E-state index in [2.05, 4.69) is 5.32 Å². The lowest BCUT2D eigenvalue weighted by Gasteiger charge is -2.30. The Kier molecular flexibility index (Phi) is 6.14. The number of nitro groups is 1. The second-order valence-corrected chi connectivity index (χ2v) is 9.22. The number of nitrogens with one attached hydrogen (secondary N) is 1. The monoisotopic (exact) mass is 510 g/mol. The van der Waals surface area contributed by atoms with Gasteiger partial charge in [0.2, 0.25) is 0 Å². The zero-order valence-corrected chi connectivity index (χ0v) is 20.9. The molecule has 1 N–H and O–H groups in total. The van der Waals surface area contributed by atoms with E-state index in [-0.39, 0.29) is 16.4 Å². The lowest BCUT2D eigenvalue weighted by atomic mass is 10.0. The number of carbonyl (C=O) groups excluding carboxylic acids is 2. The van der Waals surface area contributed by atoms with Gasteiger partial charge in [0.05, 0.1) is 10.6 Å². The number of para-hydroxylation sites is 1. The van der Waals surface area contributed by atoms with Crippen LogP contribution in [0.2, 0.25) is 0 Å². The average Bonchev–Trinajstić information content (AvgIpc) is 3.21. The SMILES string of the molecule is Cc1cccc(N2C(=O)/C(=C/c3cn(Cc4ccc([N+](=O)[O-])cc4)c4ccccc34)C(=O)NC2=S)c1C. The van der Waals surface area contributed by atoms with Gasteiger partial charge in [-0.2, -0.15) is 0 Å². The summed E-state index contributed by atoms with van der Waals surface area (Å²) in [5.41, 5.74) is 5.01. The summed E-state index contributed by atoms with van der Waals surface area (Å²) in [7, 11) is 0. The number of carbonyl (C=O) groups is 2. The number of rotatable bonds is 5. The highest BCUT2D eigenvalue weighted by molar-refractivity contribution is 7.80. The number of benzene rings is 3. The maximum atomic E-state index is 13.6. The van der Waals surface area contributed by atoms with Crippen LogP contribution in [0, 0.1) is 24.0 Å². The highest BCUT2D eigenvalue weighted by Gasteiger charge is 2.35. The van der Waals surface area contributed by atoms with Gasteiger partial charge in [-0.1, -0.05) is 42.5 Å². The molecule has 0 unspecified atom stereocenters. The van der Waals surface area contributed by atoms with Crippen molar-refractivity contribution in [3.05, 3.63) is 111 Å². The number of non-ortho nitro benzene ring substituents is 1. The topological polar surface area (TPSA) is 97.5 Å². The third-order valence-corrected chi connectivity index (χ3v) is 6.82. The van der Waals surface area contributed by atoms with Crippen LogP contribution in [0.4, 0.5) is 11.4 Å². The predicted octanol–water partition coefficient (Wildman–Crippen LogP) is 5.05. The predicted molar refractivity (Wildman–Crippen MR) is 146 cm³/mol. The van der Waals surface area contributed by atoms with Gasteiger partial charge >= 0.3 is 0 Å². The number of nitro benzene ring substituents is 1. The quantitative estimate of drug-likeness (QED) is 0.133. The van der Waals surface area contributed by atoms with E-state index in [0.717, 1.165) is 27.6 Å². The van der Waals surface area contributed by atoms with Crippen LogP contribution in [-0.4, -0.2) is 26.4 Å². The molecule has 1 saturated heterocycles. The molecule has 3 aromatic carbocycles. The molecule has 8 nitrogen and oxygen atoms in total. The number of amides is 2. The van der Waals surface area contributed by atoms with Crippen LogP contribution in [0.25, 0.3) is 17.0 Å². The summed E-state index contributed by atoms with van der Waals surface area (Å²) >= 11 is 5.36. The van der Waals surface area contributed by atoms with Crippen LogP contribution >= 0.6 is 12.2 Å². The van der Waals surface area contributed by atoms with E-state index in [1.165, 1.54) is 17.0 Å². The molecule has 0 saturated carbocycles. The van der Waals surface area contributed by atoms with Crippen LogP contribution in [0.15, 0.2) is 78.5 Å². The number of aromatic nitrogens is 1. The van der Waals surface area contributed by atoms with E-state index < -0.39 is 16.7 Å². The first kappa shape index (κ1) is 24.1. The third-order valence-electron chi connectivity index (χ3n) is 6.54. The van der Waals surface area contributed by atoms with Crippen molar-refractivity contribution in [2.45, 2.75) is 20.4 Å². The van der Waals surface area contributed by atoms with Crippen LogP contribution < -0.4 is 10.2 Å². The highest BCUT2D eigenvalue weighted by Crippen LogP contribution is 2.29. The minimum Gasteiger partial charge on any atom is -0.342 e. The van der Waals surface area contributed by atoms with Crippen LogP contribution in [0.3, 0.4) is 0 Å². The Morgan fingerprint density at radius 2 is 1.73 bits per heavy atom. The Morgan fingerprint density at radius 1 is 1.00 bits per heavy atom. The molecule has 4 aromatic rings. The second kappa shape index (κ2) is 9.44. The molecule has 1 aromatic heterocycles. The summed E-state index contributed by atoms with van der Waals surface area (Å²) in [6.45, 7) is 4.32. The summed E-state index contributed by atoms with van der Waals surface area (Å²) in [5.74, 6) is -1.04. The Bertz CT molecular complexity index is 1640. The second-order valence-electron chi connectivity index (χ2n) is 8.83. The molecule has 1 fully saturated rings. The molecule has 5 rings (SSSR count). The molecule has 0 bridgehead atoms. The molecular formula is C28H22N4O4S. The van der Waals surface area contributed by atoms with Gasteiger partial charge in [0.25, 0.3) is 17.5 Å². The maximum Gasteiger partial charge on any atom is 0.270 e. The lowest BCUT2D eigenvalue weighted by Crippen LogP contribution is -2.54. The molecule has 0 radical (unpaired) electrons. The largest absolute Gasteiger partial charge is 0.342 e. The molecule has 1 aliphatic rings. The van der Waals surface area contributed by atoms with Gasteiger partial charge in [-0.15, -0.1) is 0 Å². The minimum atomic E-state index is -0.552.